The molecule has 5 heteroatoms. The summed E-state index contributed by atoms with van der Waals surface area (Å²) >= 11 is 5.96. The van der Waals surface area contributed by atoms with Gasteiger partial charge in [-0.1, -0.05) is 29.8 Å². The van der Waals surface area contributed by atoms with Gasteiger partial charge in [0.25, 0.3) is 0 Å². The first-order chi connectivity index (χ1) is 14.0. The van der Waals surface area contributed by atoms with Crippen LogP contribution in [-0.2, 0) is 12.8 Å². The fourth-order valence-electron chi connectivity index (χ4n) is 3.55. The van der Waals surface area contributed by atoms with Crippen LogP contribution in [0, 0.1) is 12.3 Å². The highest BCUT2D eigenvalue weighted by Gasteiger charge is 2.38. The Balaban J connectivity index is 1.78. The van der Waals surface area contributed by atoms with E-state index in [1.807, 2.05) is 18.2 Å². The highest BCUT2D eigenvalue weighted by molar-refractivity contribution is 6.30. The molecule has 4 rings (SSSR count). The van der Waals surface area contributed by atoms with Crippen LogP contribution in [0.25, 0.3) is 10.9 Å². The number of aromatic nitrogens is 1. The second kappa shape index (κ2) is 7.54. The Bertz CT molecular complexity index is 1250. The molecule has 0 amide bonds. The molecule has 1 N–H and O–H groups in total. The first-order valence-electron chi connectivity index (χ1n) is 9.12. The Kier molecular flexibility index (Phi) is 4.92. The number of fused-ring (bicyclic) bond motifs is 1. The van der Waals surface area contributed by atoms with Crippen molar-refractivity contribution in [1.29, 1.82) is 0 Å². The van der Waals surface area contributed by atoms with Crippen molar-refractivity contribution in [1.82, 2.24) is 4.98 Å². The molecule has 4 nitrogen and oxygen atoms in total. The second-order valence-electron chi connectivity index (χ2n) is 6.99. The van der Waals surface area contributed by atoms with Crippen molar-refractivity contribution in [2.75, 3.05) is 0 Å². The first-order valence-corrected chi connectivity index (χ1v) is 9.50. The van der Waals surface area contributed by atoms with E-state index >= 15 is 0 Å². The van der Waals surface area contributed by atoms with Crippen molar-refractivity contribution in [2.24, 2.45) is 4.99 Å². The molecule has 29 heavy (non-hydrogen) atoms. The van der Waals surface area contributed by atoms with Crippen LogP contribution < -0.4 is 5.43 Å². The molecule has 1 atom stereocenters. The number of pyridine rings is 1. The Morgan fingerprint density at radius 1 is 1.17 bits per heavy atom. The molecule has 1 aliphatic heterocycles. The maximum atomic E-state index is 13.5. The number of aliphatic imine (C=N–C) groups is 1. The van der Waals surface area contributed by atoms with Crippen molar-refractivity contribution in [2.45, 2.75) is 18.4 Å². The van der Waals surface area contributed by atoms with E-state index in [1.54, 1.807) is 42.6 Å². The van der Waals surface area contributed by atoms with Crippen LogP contribution >= 0.6 is 11.6 Å². The summed E-state index contributed by atoms with van der Waals surface area (Å²) in [5.41, 5.74) is 1.01. The van der Waals surface area contributed by atoms with Crippen molar-refractivity contribution < 1.29 is 4.79 Å². The van der Waals surface area contributed by atoms with Crippen LogP contribution in [0.2, 0.25) is 5.02 Å². The molecule has 0 fully saturated rings. The Hall–Kier alpha value is -3.42. The number of halogens is 1. The number of benzene rings is 2. The fraction of sp³-hybridized carbons (Fsp3) is 0.125. The Morgan fingerprint density at radius 3 is 2.62 bits per heavy atom. The molecular weight excluding hydrogens is 384 g/mol. The second-order valence-corrected chi connectivity index (χ2v) is 7.42. The summed E-state index contributed by atoms with van der Waals surface area (Å²) in [6.45, 7) is 0. The van der Waals surface area contributed by atoms with Gasteiger partial charge in [-0.3, -0.25) is 14.6 Å². The number of ketones is 1. The van der Waals surface area contributed by atoms with Gasteiger partial charge in [0.15, 0.2) is 11.2 Å². The Morgan fingerprint density at radius 2 is 1.93 bits per heavy atom. The quantitative estimate of drug-likeness (QED) is 0.516. The van der Waals surface area contributed by atoms with Crippen molar-refractivity contribution in [3.8, 4) is 12.3 Å². The van der Waals surface area contributed by atoms with E-state index in [0.717, 1.165) is 11.1 Å². The Labute approximate surface area is 172 Å². The van der Waals surface area contributed by atoms with E-state index in [4.69, 9.17) is 18.0 Å². The number of allylic oxidation sites excluding steroid dienone is 1. The van der Waals surface area contributed by atoms with Crippen LogP contribution in [0.3, 0.4) is 0 Å². The predicted molar refractivity (Wildman–Crippen MR) is 117 cm³/mol. The number of nitrogens with zero attached hydrogens (tertiary/aromatic N) is 1. The molecule has 0 bridgehead atoms. The van der Waals surface area contributed by atoms with Crippen LogP contribution in [0.5, 0.6) is 0 Å². The molecular formula is C24H17ClN2O2. The minimum Gasteiger partial charge on any atom is -0.360 e. The van der Waals surface area contributed by atoms with E-state index < -0.39 is 5.54 Å². The minimum atomic E-state index is -1.15. The topological polar surface area (TPSA) is 62.3 Å². The van der Waals surface area contributed by atoms with Crippen molar-refractivity contribution in [3.05, 3.63) is 92.7 Å². The zero-order valence-electron chi connectivity index (χ0n) is 15.5. The lowest BCUT2D eigenvalue weighted by Gasteiger charge is -2.23. The molecule has 0 saturated carbocycles. The lowest BCUT2D eigenvalue weighted by atomic mass is 9.84. The molecule has 0 saturated heterocycles. The summed E-state index contributed by atoms with van der Waals surface area (Å²) in [7, 11) is 0. The van der Waals surface area contributed by atoms with Gasteiger partial charge in [0.05, 0.1) is 5.56 Å². The first kappa shape index (κ1) is 18.9. The molecule has 0 radical (unpaired) electrons. The standard InChI is InChI=1S/C24H17ClN2O2/c1-2-4-16-7-10-21-19(13-16)22(28)20(15-26-21)23(29)24(11-3-12-27-24)14-17-5-8-18(25)9-6-17/h1,3,5-13,15H,4,14H2,(H,26,28). The number of H-pyrrole nitrogens is 1. The summed E-state index contributed by atoms with van der Waals surface area (Å²) in [6.07, 6.45) is 12.7. The van der Waals surface area contributed by atoms with E-state index in [0.29, 0.717) is 28.8 Å². The van der Waals surface area contributed by atoms with Crippen molar-refractivity contribution >= 4 is 34.5 Å². The molecule has 0 aliphatic carbocycles. The van der Waals surface area contributed by atoms with Gasteiger partial charge in [0, 0.05) is 41.2 Å². The van der Waals surface area contributed by atoms with Gasteiger partial charge in [0.1, 0.15) is 5.54 Å². The largest absolute Gasteiger partial charge is 0.360 e. The number of carbonyl (C=O) groups is 1. The third-order valence-corrected chi connectivity index (χ3v) is 5.29. The lowest BCUT2D eigenvalue weighted by molar-refractivity contribution is 0.0922. The van der Waals surface area contributed by atoms with Gasteiger partial charge in [-0.15, -0.1) is 12.3 Å². The number of nitrogens with one attached hydrogen (secondary N) is 1. The normalized spacial score (nSPS) is 17.5. The summed E-state index contributed by atoms with van der Waals surface area (Å²) in [5, 5.41) is 1.06. The van der Waals surface area contributed by atoms with Gasteiger partial charge in [-0.25, -0.2) is 0 Å². The van der Waals surface area contributed by atoms with Gasteiger partial charge in [0.2, 0.25) is 0 Å². The maximum absolute atomic E-state index is 13.5. The summed E-state index contributed by atoms with van der Waals surface area (Å²) < 4.78 is 0. The summed E-state index contributed by atoms with van der Waals surface area (Å²) in [5.74, 6) is 2.23. The van der Waals surface area contributed by atoms with E-state index in [-0.39, 0.29) is 16.8 Å². The average Bonchev–Trinajstić information content (AvgIpc) is 3.20. The summed E-state index contributed by atoms with van der Waals surface area (Å²) in [6, 6.07) is 12.7. The molecule has 142 valence electrons. The molecule has 2 heterocycles. The number of hydrogen-bond donors (Lipinski definition) is 1. The molecule has 2 aromatic carbocycles. The molecule has 1 aromatic heterocycles. The van der Waals surface area contributed by atoms with E-state index in [9.17, 15) is 9.59 Å². The monoisotopic (exact) mass is 400 g/mol. The number of terminal acetylenes is 1. The van der Waals surface area contributed by atoms with Crippen LogP contribution in [0.1, 0.15) is 21.5 Å². The number of Topliss-reactive ketones (excluding diaryl/α,β-unsaturated/α-hetero) is 1. The zero-order chi connectivity index (χ0) is 20.4. The molecule has 1 aliphatic rings. The van der Waals surface area contributed by atoms with Gasteiger partial charge < -0.3 is 4.98 Å². The average molecular weight is 401 g/mol. The number of aromatic amines is 1. The third kappa shape index (κ3) is 3.53. The summed E-state index contributed by atoms with van der Waals surface area (Å²) in [4.78, 5) is 34.1. The van der Waals surface area contributed by atoms with E-state index in [2.05, 4.69) is 15.9 Å². The predicted octanol–water partition coefficient (Wildman–Crippen LogP) is 4.16. The van der Waals surface area contributed by atoms with E-state index in [1.165, 1.54) is 6.20 Å². The maximum Gasteiger partial charge on any atom is 0.200 e. The minimum absolute atomic E-state index is 0.0769. The number of rotatable bonds is 5. The van der Waals surface area contributed by atoms with Crippen molar-refractivity contribution in [3.63, 3.8) is 0 Å². The van der Waals surface area contributed by atoms with Gasteiger partial charge in [-0.2, -0.15) is 0 Å². The SMILES string of the molecule is C#CCc1ccc2[nH]cc(C(=O)C3(Cc4ccc(Cl)cc4)C=CC=N3)c(=O)c2c1. The molecule has 1 unspecified atom stereocenters. The molecule has 3 aromatic rings. The highest BCUT2D eigenvalue weighted by Crippen LogP contribution is 2.28. The zero-order valence-corrected chi connectivity index (χ0v) is 16.2. The number of hydrogen-bond acceptors (Lipinski definition) is 3. The van der Waals surface area contributed by atoms with Gasteiger partial charge in [-0.05, 0) is 47.5 Å². The highest BCUT2D eigenvalue weighted by atomic mass is 35.5. The molecule has 0 spiro atoms. The third-order valence-electron chi connectivity index (χ3n) is 5.04. The van der Waals surface area contributed by atoms with Crippen LogP contribution in [-0.4, -0.2) is 22.5 Å². The smallest absolute Gasteiger partial charge is 0.200 e. The van der Waals surface area contributed by atoms with Crippen LogP contribution in [0.15, 0.2) is 70.6 Å². The fourth-order valence-corrected chi connectivity index (χ4v) is 3.68. The van der Waals surface area contributed by atoms with Crippen LogP contribution in [0.4, 0.5) is 0 Å². The lowest BCUT2D eigenvalue weighted by Crippen LogP contribution is -2.38. The van der Waals surface area contributed by atoms with Gasteiger partial charge >= 0.3 is 0 Å². The number of carbonyl (C=O) groups excluding carboxylic acids is 1.